The SMILES string of the molecule is CSNc1ccc(Nc2cc(F)ccc2CN2C(=O)N(c3ccc(F)c(C(F)(F)F)c3)C(=O)C2(C)C)cc1. The van der Waals surface area contributed by atoms with E-state index in [1.54, 1.807) is 12.1 Å². The van der Waals surface area contributed by atoms with Gasteiger partial charge in [-0.05, 0) is 74.0 Å². The van der Waals surface area contributed by atoms with Crippen molar-refractivity contribution in [2.75, 3.05) is 21.2 Å². The number of hydrogen-bond donors (Lipinski definition) is 2. The molecule has 200 valence electrons. The van der Waals surface area contributed by atoms with Crippen molar-refractivity contribution in [3.8, 4) is 0 Å². The summed E-state index contributed by atoms with van der Waals surface area (Å²) < 4.78 is 70.8. The normalized spacial score (nSPS) is 15.3. The maximum atomic E-state index is 14.2. The molecule has 2 N–H and O–H groups in total. The summed E-state index contributed by atoms with van der Waals surface area (Å²) in [7, 11) is 0. The number of nitrogens with zero attached hydrogens (tertiary/aromatic N) is 2. The number of alkyl halides is 3. The van der Waals surface area contributed by atoms with Gasteiger partial charge in [0.2, 0.25) is 0 Å². The highest BCUT2D eigenvalue weighted by molar-refractivity contribution is 7.99. The Kier molecular flexibility index (Phi) is 7.29. The fraction of sp³-hybridized carbons (Fsp3) is 0.231. The van der Waals surface area contributed by atoms with E-state index >= 15 is 0 Å². The third kappa shape index (κ3) is 5.26. The molecule has 1 aliphatic heterocycles. The molecule has 0 radical (unpaired) electrons. The number of hydrogen-bond acceptors (Lipinski definition) is 5. The third-order valence-corrected chi connectivity index (χ3v) is 6.56. The highest BCUT2D eigenvalue weighted by Crippen LogP contribution is 2.38. The van der Waals surface area contributed by atoms with Crippen LogP contribution < -0.4 is 14.9 Å². The zero-order valence-corrected chi connectivity index (χ0v) is 21.3. The lowest BCUT2D eigenvalue weighted by Gasteiger charge is -2.28. The second kappa shape index (κ2) is 10.2. The monoisotopic (exact) mass is 550 g/mol. The third-order valence-electron chi connectivity index (χ3n) is 6.12. The van der Waals surface area contributed by atoms with Gasteiger partial charge in [-0.15, -0.1) is 0 Å². The van der Waals surface area contributed by atoms with Crippen LogP contribution in [0.25, 0.3) is 0 Å². The molecule has 3 amide bonds. The topological polar surface area (TPSA) is 64.7 Å². The zero-order valence-electron chi connectivity index (χ0n) is 20.5. The van der Waals surface area contributed by atoms with Gasteiger partial charge in [0.15, 0.2) is 0 Å². The molecule has 0 spiro atoms. The summed E-state index contributed by atoms with van der Waals surface area (Å²) in [4.78, 5) is 28.4. The summed E-state index contributed by atoms with van der Waals surface area (Å²) >= 11 is 1.42. The Hall–Kier alpha value is -3.80. The Bertz CT molecular complexity index is 1380. The van der Waals surface area contributed by atoms with Crippen molar-refractivity contribution in [2.24, 2.45) is 0 Å². The zero-order chi connectivity index (χ0) is 27.8. The maximum absolute atomic E-state index is 14.2. The smallest absolute Gasteiger partial charge is 0.355 e. The van der Waals surface area contributed by atoms with Crippen LogP contribution in [0.5, 0.6) is 0 Å². The molecule has 1 fully saturated rings. The van der Waals surface area contributed by atoms with Crippen LogP contribution in [0.4, 0.5) is 49.5 Å². The quantitative estimate of drug-likeness (QED) is 0.186. The fourth-order valence-electron chi connectivity index (χ4n) is 4.07. The van der Waals surface area contributed by atoms with Crippen LogP contribution in [0.3, 0.4) is 0 Å². The van der Waals surface area contributed by atoms with E-state index < -0.39 is 46.5 Å². The van der Waals surface area contributed by atoms with Crippen molar-refractivity contribution >= 4 is 46.6 Å². The molecule has 0 atom stereocenters. The molecule has 0 aromatic heterocycles. The summed E-state index contributed by atoms with van der Waals surface area (Å²) in [6.45, 7) is 2.75. The highest BCUT2D eigenvalue weighted by atomic mass is 32.2. The average Bonchev–Trinajstić information content (AvgIpc) is 3.01. The molecule has 38 heavy (non-hydrogen) atoms. The number of amides is 3. The molecule has 0 aliphatic carbocycles. The number of urea groups is 1. The molecule has 1 saturated heterocycles. The second-order valence-corrected chi connectivity index (χ2v) is 9.65. The lowest BCUT2D eigenvalue weighted by atomic mass is 10.0. The number of rotatable bonds is 7. The molecular weight excluding hydrogens is 527 g/mol. The second-order valence-electron chi connectivity index (χ2n) is 9.04. The van der Waals surface area contributed by atoms with Crippen molar-refractivity contribution in [1.29, 1.82) is 0 Å². The summed E-state index contributed by atoms with van der Waals surface area (Å²) in [6.07, 6.45) is -3.14. The van der Waals surface area contributed by atoms with E-state index in [1.807, 2.05) is 18.4 Å². The van der Waals surface area contributed by atoms with Gasteiger partial charge in [0.25, 0.3) is 5.91 Å². The van der Waals surface area contributed by atoms with Crippen LogP contribution in [-0.4, -0.2) is 28.6 Å². The number of anilines is 4. The van der Waals surface area contributed by atoms with Gasteiger partial charge in [-0.25, -0.2) is 18.5 Å². The largest absolute Gasteiger partial charge is 0.419 e. The molecule has 1 heterocycles. The molecule has 0 unspecified atom stereocenters. The van der Waals surface area contributed by atoms with Gasteiger partial charge in [-0.1, -0.05) is 18.0 Å². The van der Waals surface area contributed by atoms with Crippen LogP contribution in [0, 0.1) is 11.6 Å². The maximum Gasteiger partial charge on any atom is 0.419 e. The van der Waals surface area contributed by atoms with E-state index in [9.17, 15) is 31.5 Å². The standard InChI is InChI=1S/C26H23F5N4O2S/c1-25(2)23(36)35(19-10-11-21(28)20(13-19)26(29,30)31)24(37)34(25)14-15-4-5-16(27)12-22(15)32-17-6-8-18(9-7-17)33-38-3/h4-13,32-33H,14H2,1-3H3. The van der Waals surface area contributed by atoms with E-state index in [1.165, 1.54) is 48.9 Å². The van der Waals surface area contributed by atoms with Gasteiger partial charge in [0.05, 0.1) is 17.8 Å². The van der Waals surface area contributed by atoms with Crippen molar-refractivity contribution in [3.05, 3.63) is 83.4 Å². The van der Waals surface area contributed by atoms with Crippen molar-refractivity contribution in [2.45, 2.75) is 32.1 Å². The van der Waals surface area contributed by atoms with Gasteiger partial charge >= 0.3 is 12.2 Å². The van der Waals surface area contributed by atoms with Gasteiger partial charge in [0.1, 0.15) is 17.2 Å². The average molecular weight is 551 g/mol. The summed E-state index contributed by atoms with van der Waals surface area (Å²) in [6, 6.07) is 12.1. The van der Waals surface area contributed by atoms with Gasteiger partial charge in [-0.3, -0.25) is 4.79 Å². The first-order valence-electron chi connectivity index (χ1n) is 11.3. The van der Waals surface area contributed by atoms with E-state index in [-0.39, 0.29) is 6.54 Å². The minimum absolute atomic E-state index is 0.157. The van der Waals surface area contributed by atoms with Crippen molar-refractivity contribution < 1.29 is 31.5 Å². The Balaban J connectivity index is 1.65. The van der Waals surface area contributed by atoms with E-state index in [2.05, 4.69) is 10.0 Å². The Morgan fingerprint density at radius 1 is 0.921 bits per heavy atom. The number of nitrogens with one attached hydrogen (secondary N) is 2. The fourth-order valence-corrected chi connectivity index (χ4v) is 4.44. The predicted octanol–water partition coefficient (Wildman–Crippen LogP) is 7.16. The molecule has 0 saturated carbocycles. The van der Waals surface area contributed by atoms with Crippen LogP contribution in [0.15, 0.2) is 60.7 Å². The first-order chi connectivity index (χ1) is 17.8. The Labute approximate surface area is 219 Å². The van der Waals surface area contributed by atoms with Crippen LogP contribution in [-0.2, 0) is 17.5 Å². The molecule has 12 heteroatoms. The predicted molar refractivity (Wildman–Crippen MR) is 137 cm³/mol. The molecule has 3 aromatic carbocycles. The first kappa shape index (κ1) is 27.2. The molecule has 4 rings (SSSR count). The molecular formula is C26H23F5N4O2S. The van der Waals surface area contributed by atoms with Gasteiger partial charge in [-0.2, -0.15) is 13.2 Å². The minimum Gasteiger partial charge on any atom is -0.355 e. The van der Waals surface area contributed by atoms with Crippen molar-refractivity contribution in [3.63, 3.8) is 0 Å². The number of carbonyl (C=O) groups excluding carboxylic acids is 2. The van der Waals surface area contributed by atoms with E-state index in [0.717, 1.165) is 11.8 Å². The van der Waals surface area contributed by atoms with Gasteiger partial charge < -0.3 is 14.9 Å². The molecule has 3 aromatic rings. The Morgan fingerprint density at radius 3 is 2.21 bits per heavy atom. The number of halogens is 5. The Morgan fingerprint density at radius 2 is 1.58 bits per heavy atom. The van der Waals surface area contributed by atoms with Crippen LogP contribution >= 0.6 is 11.9 Å². The number of imide groups is 1. The lowest BCUT2D eigenvalue weighted by Crippen LogP contribution is -2.43. The highest BCUT2D eigenvalue weighted by Gasteiger charge is 2.52. The van der Waals surface area contributed by atoms with Crippen LogP contribution in [0.2, 0.25) is 0 Å². The molecule has 1 aliphatic rings. The summed E-state index contributed by atoms with van der Waals surface area (Å²) in [5.74, 6) is -2.83. The number of carbonyl (C=O) groups is 2. The van der Waals surface area contributed by atoms with Crippen molar-refractivity contribution in [1.82, 2.24) is 4.90 Å². The minimum atomic E-state index is -5.01. The van der Waals surface area contributed by atoms with E-state index in [0.29, 0.717) is 34.0 Å². The van der Waals surface area contributed by atoms with E-state index in [4.69, 9.17) is 0 Å². The molecule has 6 nitrogen and oxygen atoms in total. The summed E-state index contributed by atoms with van der Waals surface area (Å²) in [5, 5.41) is 3.11. The number of benzene rings is 3. The van der Waals surface area contributed by atoms with Gasteiger partial charge in [0, 0.05) is 23.3 Å². The first-order valence-corrected chi connectivity index (χ1v) is 12.5. The van der Waals surface area contributed by atoms with Crippen LogP contribution in [0.1, 0.15) is 25.0 Å². The summed E-state index contributed by atoms with van der Waals surface area (Å²) in [5.41, 5.74) is -1.15. The lowest BCUT2D eigenvalue weighted by molar-refractivity contribution is -0.140. The molecule has 0 bridgehead atoms.